The second-order valence-electron chi connectivity index (χ2n) is 5.06. The van der Waals surface area contributed by atoms with Crippen molar-refractivity contribution in [2.75, 3.05) is 38.2 Å². The van der Waals surface area contributed by atoms with E-state index in [-0.39, 0.29) is 0 Å². The molecule has 0 aromatic carbocycles. The first kappa shape index (κ1) is 13.7. The van der Waals surface area contributed by atoms with Crippen LogP contribution >= 0.6 is 11.8 Å². The Labute approximate surface area is 104 Å². The molecule has 0 aromatic heterocycles. The molecule has 1 aliphatic heterocycles. The number of nitrogens with zero attached hydrogens (tertiary/aromatic N) is 2. The van der Waals surface area contributed by atoms with Crippen LogP contribution in [-0.2, 0) is 0 Å². The molecule has 0 atom stereocenters. The summed E-state index contributed by atoms with van der Waals surface area (Å²) in [4.78, 5) is 7.05. The van der Waals surface area contributed by atoms with Gasteiger partial charge >= 0.3 is 0 Å². The van der Waals surface area contributed by atoms with Gasteiger partial charge in [-0.1, -0.05) is 13.8 Å². The molecule has 4 heteroatoms. The molecule has 0 saturated carbocycles. The molecule has 1 saturated heterocycles. The average molecular weight is 243 g/mol. The van der Waals surface area contributed by atoms with Crippen molar-refractivity contribution in [3.05, 3.63) is 0 Å². The number of thioether (sulfide) groups is 1. The average Bonchev–Trinajstić information content (AvgIpc) is 2.58. The molecule has 16 heavy (non-hydrogen) atoms. The van der Waals surface area contributed by atoms with E-state index in [1.54, 1.807) is 0 Å². The Morgan fingerprint density at radius 3 is 2.75 bits per heavy atom. The maximum Gasteiger partial charge on any atom is 0.193 e. The fourth-order valence-corrected chi connectivity index (χ4v) is 2.24. The molecular formula is C12H25N3S. The minimum Gasteiger partial charge on any atom is -0.357 e. The Bertz CT molecular complexity index is 238. The highest BCUT2D eigenvalue weighted by Gasteiger charge is 2.30. The van der Waals surface area contributed by atoms with E-state index < -0.39 is 0 Å². The second-order valence-corrected chi connectivity index (χ2v) is 6.05. The Morgan fingerprint density at radius 1 is 1.50 bits per heavy atom. The number of hydrogen-bond donors (Lipinski definition) is 1. The fourth-order valence-electron chi connectivity index (χ4n) is 1.96. The predicted octanol–water partition coefficient (Wildman–Crippen LogP) is 2.05. The molecule has 1 rings (SSSR count). The Hall–Kier alpha value is -0.380. The molecule has 94 valence electrons. The number of hydrogen-bond acceptors (Lipinski definition) is 2. The van der Waals surface area contributed by atoms with Gasteiger partial charge in [0.15, 0.2) is 5.96 Å². The molecule has 3 nitrogen and oxygen atoms in total. The highest BCUT2D eigenvalue weighted by molar-refractivity contribution is 7.98. The van der Waals surface area contributed by atoms with E-state index in [0.717, 1.165) is 37.9 Å². The Balaban J connectivity index is 2.53. The summed E-state index contributed by atoms with van der Waals surface area (Å²) in [5.41, 5.74) is 0.440. The van der Waals surface area contributed by atoms with E-state index in [2.05, 4.69) is 42.2 Å². The van der Waals surface area contributed by atoms with E-state index in [1.165, 1.54) is 6.42 Å². The first-order valence-corrected chi connectivity index (χ1v) is 7.50. The van der Waals surface area contributed by atoms with Crippen LogP contribution in [0.15, 0.2) is 4.99 Å². The zero-order valence-corrected chi connectivity index (χ0v) is 11.9. The molecule has 0 aromatic rings. The van der Waals surface area contributed by atoms with E-state index in [1.807, 2.05) is 11.8 Å². The topological polar surface area (TPSA) is 27.6 Å². The lowest BCUT2D eigenvalue weighted by molar-refractivity contribution is 0.370. The van der Waals surface area contributed by atoms with Crippen LogP contribution in [0, 0.1) is 5.41 Å². The third-order valence-electron chi connectivity index (χ3n) is 2.87. The van der Waals surface area contributed by atoms with Crippen LogP contribution in [0.5, 0.6) is 0 Å². The highest BCUT2D eigenvalue weighted by atomic mass is 32.2. The summed E-state index contributed by atoms with van der Waals surface area (Å²) in [6.07, 6.45) is 3.39. The minimum absolute atomic E-state index is 0.440. The molecular weight excluding hydrogens is 218 g/mol. The lowest BCUT2D eigenvalue weighted by Crippen LogP contribution is -2.40. The molecule has 0 unspecified atom stereocenters. The number of guanidine groups is 1. The van der Waals surface area contributed by atoms with Crippen molar-refractivity contribution in [2.45, 2.75) is 27.2 Å². The Morgan fingerprint density at radius 2 is 2.25 bits per heavy atom. The predicted molar refractivity (Wildman–Crippen MR) is 74.3 cm³/mol. The first-order chi connectivity index (χ1) is 7.59. The van der Waals surface area contributed by atoms with Crippen molar-refractivity contribution in [1.82, 2.24) is 10.2 Å². The van der Waals surface area contributed by atoms with Gasteiger partial charge in [-0.2, -0.15) is 11.8 Å². The van der Waals surface area contributed by atoms with Crippen LogP contribution in [0.1, 0.15) is 27.2 Å². The van der Waals surface area contributed by atoms with Crippen molar-refractivity contribution in [1.29, 1.82) is 0 Å². The molecule has 0 aliphatic carbocycles. The SMILES string of the molecule is CCNC(=NCCSC)N1CCC(C)(C)C1. The maximum atomic E-state index is 4.66. The van der Waals surface area contributed by atoms with Crippen LogP contribution in [-0.4, -0.2) is 49.0 Å². The van der Waals surface area contributed by atoms with Gasteiger partial charge in [0, 0.05) is 25.4 Å². The summed E-state index contributed by atoms with van der Waals surface area (Å²) in [7, 11) is 0. The first-order valence-electron chi connectivity index (χ1n) is 6.11. The van der Waals surface area contributed by atoms with E-state index >= 15 is 0 Å². The van der Waals surface area contributed by atoms with E-state index in [4.69, 9.17) is 0 Å². The number of nitrogens with one attached hydrogen (secondary N) is 1. The zero-order valence-electron chi connectivity index (χ0n) is 11.0. The van der Waals surface area contributed by atoms with Gasteiger partial charge in [0.05, 0.1) is 6.54 Å². The van der Waals surface area contributed by atoms with Gasteiger partial charge < -0.3 is 10.2 Å². The minimum atomic E-state index is 0.440. The van der Waals surface area contributed by atoms with Crippen molar-refractivity contribution in [3.8, 4) is 0 Å². The van der Waals surface area contributed by atoms with Crippen LogP contribution in [0.25, 0.3) is 0 Å². The summed E-state index contributed by atoms with van der Waals surface area (Å²) < 4.78 is 0. The van der Waals surface area contributed by atoms with Crippen molar-refractivity contribution in [2.24, 2.45) is 10.4 Å². The van der Waals surface area contributed by atoms with Gasteiger partial charge in [0.1, 0.15) is 0 Å². The molecule has 0 bridgehead atoms. The van der Waals surface area contributed by atoms with Crippen molar-refractivity contribution < 1.29 is 0 Å². The molecule has 0 spiro atoms. The largest absolute Gasteiger partial charge is 0.357 e. The third-order valence-corrected chi connectivity index (χ3v) is 3.46. The van der Waals surface area contributed by atoms with Gasteiger partial charge in [-0.25, -0.2) is 0 Å². The van der Waals surface area contributed by atoms with Crippen LogP contribution in [0.4, 0.5) is 0 Å². The summed E-state index contributed by atoms with van der Waals surface area (Å²) in [5, 5.41) is 3.39. The maximum absolute atomic E-state index is 4.66. The number of likely N-dealkylation sites (tertiary alicyclic amines) is 1. The summed E-state index contributed by atoms with van der Waals surface area (Å²) in [5.74, 6) is 2.20. The van der Waals surface area contributed by atoms with Gasteiger partial charge in [0.2, 0.25) is 0 Å². The van der Waals surface area contributed by atoms with Crippen molar-refractivity contribution >= 4 is 17.7 Å². The molecule has 1 N–H and O–H groups in total. The monoisotopic (exact) mass is 243 g/mol. The normalized spacial score (nSPS) is 20.2. The summed E-state index contributed by atoms with van der Waals surface area (Å²) in [6, 6.07) is 0. The lowest BCUT2D eigenvalue weighted by atomic mass is 9.93. The molecule has 0 radical (unpaired) electrons. The lowest BCUT2D eigenvalue weighted by Gasteiger charge is -2.23. The smallest absolute Gasteiger partial charge is 0.193 e. The zero-order chi connectivity index (χ0) is 12.0. The van der Waals surface area contributed by atoms with Gasteiger partial charge in [-0.05, 0) is 25.0 Å². The number of aliphatic imine (C=N–C) groups is 1. The number of rotatable bonds is 4. The van der Waals surface area contributed by atoms with Gasteiger partial charge in [-0.3, -0.25) is 4.99 Å². The quantitative estimate of drug-likeness (QED) is 0.465. The van der Waals surface area contributed by atoms with Crippen molar-refractivity contribution in [3.63, 3.8) is 0 Å². The van der Waals surface area contributed by atoms with Crippen LogP contribution in [0.3, 0.4) is 0 Å². The second kappa shape index (κ2) is 6.38. The highest BCUT2D eigenvalue weighted by Crippen LogP contribution is 2.28. The third kappa shape index (κ3) is 4.24. The van der Waals surface area contributed by atoms with Crippen LogP contribution < -0.4 is 5.32 Å². The molecule has 0 amide bonds. The summed E-state index contributed by atoms with van der Waals surface area (Å²) >= 11 is 1.85. The van der Waals surface area contributed by atoms with E-state index in [0.29, 0.717) is 5.41 Å². The molecule has 1 aliphatic rings. The Kier molecular flexibility index (Phi) is 5.46. The van der Waals surface area contributed by atoms with Crippen LogP contribution in [0.2, 0.25) is 0 Å². The standard InChI is InChI=1S/C12H25N3S/c1-5-13-11(14-7-9-16-4)15-8-6-12(2,3)10-15/h5-10H2,1-4H3,(H,13,14). The molecule has 1 fully saturated rings. The molecule has 1 heterocycles. The van der Waals surface area contributed by atoms with Gasteiger partial charge in [-0.15, -0.1) is 0 Å². The van der Waals surface area contributed by atoms with E-state index in [9.17, 15) is 0 Å². The fraction of sp³-hybridized carbons (Fsp3) is 0.917. The summed E-state index contributed by atoms with van der Waals surface area (Å²) in [6.45, 7) is 10.9. The van der Waals surface area contributed by atoms with Gasteiger partial charge in [0.25, 0.3) is 0 Å².